The molecule has 0 aromatic heterocycles. The van der Waals surface area contributed by atoms with Gasteiger partial charge in [-0.3, -0.25) is 4.79 Å². The molecule has 2 aliphatic heterocycles. The maximum Gasteiger partial charge on any atom is 0.302 e. The van der Waals surface area contributed by atoms with E-state index >= 15 is 0 Å². The zero-order valence-corrected chi connectivity index (χ0v) is 25.3. The molecule has 2 N–H and O–H groups in total. The standard InChI is InChI=1S/C32H52O8/c1-7-12-31-37-26(19-29(39-31)20(4)15-23(34)17-24(8-2)36-22(6)33)16-21(5)30-18-25(9-3)38-32(40-30)27-13-10-11-14-28(27)35/h10-11,13-14,20-21,23-26,29-32,34-35H,7-9,12,15-19H2,1-6H3. The molecule has 0 radical (unpaired) electrons. The van der Waals surface area contributed by atoms with Gasteiger partial charge in [0, 0.05) is 31.7 Å². The van der Waals surface area contributed by atoms with Crippen molar-refractivity contribution in [1.29, 1.82) is 0 Å². The number of hydrogen-bond donors (Lipinski definition) is 2. The zero-order valence-electron chi connectivity index (χ0n) is 25.3. The molecule has 10 unspecified atom stereocenters. The van der Waals surface area contributed by atoms with Gasteiger partial charge in [0.25, 0.3) is 0 Å². The molecule has 10 atom stereocenters. The molecule has 40 heavy (non-hydrogen) atoms. The van der Waals surface area contributed by atoms with E-state index < -0.39 is 12.4 Å². The number of phenols is 1. The van der Waals surface area contributed by atoms with E-state index in [9.17, 15) is 15.0 Å². The molecule has 1 aromatic carbocycles. The van der Waals surface area contributed by atoms with Crippen molar-refractivity contribution in [3.63, 3.8) is 0 Å². The number of aliphatic hydroxyl groups is 1. The minimum Gasteiger partial charge on any atom is -0.507 e. The first-order valence-electron chi connectivity index (χ1n) is 15.4. The SMILES string of the molecule is CCCC1OC(CC(C)C2CC(CC)OC(c3ccccc3O)O2)CC(C(C)CC(O)CC(CC)OC(C)=O)O1. The Labute approximate surface area is 240 Å². The van der Waals surface area contributed by atoms with E-state index in [0.29, 0.717) is 24.8 Å². The quantitative estimate of drug-likeness (QED) is 0.250. The third kappa shape index (κ3) is 9.69. The average molecular weight is 565 g/mol. The molecule has 0 amide bonds. The summed E-state index contributed by atoms with van der Waals surface area (Å²) in [6.07, 6.45) is 5.04. The lowest BCUT2D eigenvalue weighted by Crippen LogP contribution is -2.44. The van der Waals surface area contributed by atoms with Gasteiger partial charge in [0.05, 0.1) is 30.5 Å². The molecular formula is C32H52O8. The monoisotopic (exact) mass is 564 g/mol. The molecule has 1 aromatic rings. The fraction of sp³-hybridized carbons (Fsp3) is 0.781. The Morgan fingerprint density at radius 1 is 0.975 bits per heavy atom. The molecule has 3 rings (SSSR count). The summed E-state index contributed by atoms with van der Waals surface area (Å²) in [6, 6.07) is 7.20. The van der Waals surface area contributed by atoms with Gasteiger partial charge in [-0.15, -0.1) is 0 Å². The maximum atomic E-state index is 11.4. The van der Waals surface area contributed by atoms with Gasteiger partial charge in [0.2, 0.25) is 0 Å². The van der Waals surface area contributed by atoms with Crippen LogP contribution in [-0.4, -0.2) is 59.1 Å². The summed E-state index contributed by atoms with van der Waals surface area (Å²) in [5, 5.41) is 21.2. The highest BCUT2D eigenvalue weighted by Gasteiger charge is 2.38. The van der Waals surface area contributed by atoms with Gasteiger partial charge in [-0.1, -0.05) is 59.2 Å². The topological polar surface area (TPSA) is 104 Å². The summed E-state index contributed by atoms with van der Waals surface area (Å²) in [5.41, 5.74) is 0.662. The van der Waals surface area contributed by atoms with Crippen LogP contribution in [0.25, 0.3) is 0 Å². The predicted molar refractivity (Wildman–Crippen MR) is 153 cm³/mol. The van der Waals surface area contributed by atoms with E-state index in [2.05, 4.69) is 27.7 Å². The van der Waals surface area contributed by atoms with Gasteiger partial charge in [0.1, 0.15) is 11.9 Å². The summed E-state index contributed by atoms with van der Waals surface area (Å²) < 4.78 is 30.7. The second-order valence-electron chi connectivity index (χ2n) is 11.8. The first-order chi connectivity index (χ1) is 19.1. The number of para-hydroxylation sites is 1. The highest BCUT2D eigenvalue weighted by atomic mass is 16.7. The van der Waals surface area contributed by atoms with Gasteiger partial charge in [0.15, 0.2) is 12.6 Å². The number of rotatable bonds is 14. The highest BCUT2D eigenvalue weighted by molar-refractivity contribution is 5.66. The van der Waals surface area contributed by atoms with Gasteiger partial charge in [-0.05, 0) is 50.0 Å². The fourth-order valence-corrected chi connectivity index (χ4v) is 5.98. The predicted octanol–water partition coefficient (Wildman–Crippen LogP) is 6.42. The lowest BCUT2D eigenvalue weighted by molar-refractivity contribution is -0.273. The molecule has 2 fully saturated rings. The second-order valence-corrected chi connectivity index (χ2v) is 11.8. The smallest absolute Gasteiger partial charge is 0.302 e. The summed E-state index contributed by atoms with van der Waals surface area (Å²) in [6.45, 7) is 11.9. The lowest BCUT2D eigenvalue weighted by Gasteiger charge is -2.42. The summed E-state index contributed by atoms with van der Waals surface area (Å²) >= 11 is 0. The Morgan fingerprint density at radius 2 is 1.68 bits per heavy atom. The number of phenolic OH excluding ortho intramolecular Hbond substituents is 1. The van der Waals surface area contributed by atoms with Crippen molar-refractivity contribution in [2.75, 3.05) is 0 Å². The van der Waals surface area contributed by atoms with Crippen molar-refractivity contribution in [2.24, 2.45) is 11.8 Å². The molecule has 2 aliphatic rings. The number of ether oxygens (including phenoxy) is 5. The summed E-state index contributed by atoms with van der Waals surface area (Å²) in [5.74, 6) is 0.209. The van der Waals surface area contributed by atoms with E-state index in [-0.39, 0.29) is 60.4 Å². The number of aliphatic hydroxyl groups excluding tert-OH is 1. The number of esters is 1. The van der Waals surface area contributed by atoms with Gasteiger partial charge in [-0.2, -0.15) is 0 Å². The van der Waals surface area contributed by atoms with E-state index in [1.165, 1.54) is 6.92 Å². The zero-order chi connectivity index (χ0) is 29.2. The molecule has 0 aliphatic carbocycles. The normalized spacial score (nSPS) is 30.3. The summed E-state index contributed by atoms with van der Waals surface area (Å²) in [7, 11) is 0. The van der Waals surface area contributed by atoms with Crippen molar-refractivity contribution < 1.29 is 38.7 Å². The minimum atomic E-state index is -0.594. The Morgan fingerprint density at radius 3 is 2.33 bits per heavy atom. The van der Waals surface area contributed by atoms with Crippen LogP contribution in [0.2, 0.25) is 0 Å². The largest absolute Gasteiger partial charge is 0.507 e. The molecule has 8 heteroatoms. The molecule has 2 heterocycles. The molecule has 0 spiro atoms. The van der Waals surface area contributed by atoms with Crippen LogP contribution in [0, 0.1) is 11.8 Å². The van der Waals surface area contributed by atoms with Crippen LogP contribution in [0.4, 0.5) is 0 Å². The van der Waals surface area contributed by atoms with Crippen molar-refractivity contribution in [3.8, 4) is 5.75 Å². The van der Waals surface area contributed by atoms with E-state index in [0.717, 1.165) is 38.5 Å². The van der Waals surface area contributed by atoms with Gasteiger partial charge >= 0.3 is 5.97 Å². The van der Waals surface area contributed by atoms with E-state index in [1.54, 1.807) is 12.1 Å². The van der Waals surface area contributed by atoms with Gasteiger partial charge in [-0.25, -0.2) is 0 Å². The fourth-order valence-electron chi connectivity index (χ4n) is 5.98. The maximum absolute atomic E-state index is 11.4. The number of carbonyl (C=O) groups excluding carboxylic acids is 1. The van der Waals surface area contributed by atoms with Crippen LogP contribution in [0.1, 0.15) is 111 Å². The van der Waals surface area contributed by atoms with Crippen LogP contribution in [0.3, 0.4) is 0 Å². The summed E-state index contributed by atoms with van der Waals surface area (Å²) in [4.78, 5) is 11.4. The van der Waals surface area contributed by atoms with E-state index in [1.807, 2.05) is 19.1 Å². The number of hydrogen-bond acceptors (Lipinski definition) is 8. The van der Waals surface area contributed by atoms with Crippen LogP contribution in [-0.2, 0) is 28.5 Å². The van der Waals surface area contributed by atoms with Crippen molar-refractivity contribution in [3.05, 3.63) is 29.8 Å². The van der Waals surface area contributed by atoms with Crippen LogP contribution >= 0.6 is 0 Å². The van der Waals surface area contributed by atoms with Crippen molar-refractivity contribution >= 4 is 5.97 Å². The Balaban J connectivity index is 1.62. The van der Waals surface area contributed by atoms with Gasteiger partial charge < -0.3 is 33.9 Å². The molecule has 0 bridgehead atoms. The first kappa shape index (κ1) is 32.8. The third-order valence-electron chi connectivity index (χ3n) is 8.32. The molecular weight excluding hydrogens is 512 g/mol. The first-order valence-corrected chi connectivity index (χ1v) is 15.4. The highest BCUT2D eigenvalue weighted by Crippen LogP contribution is 2.39. The lowest BCUT2D eigenvalue weighted by atomic mass is 9.86. The minimum absolute atomic E-state index is 0.0180. The molecule has 228 valence electrons. The molecule has 0 saturated carbocycles. The van der Waals surface area contributed by atoms with E-state index in [4.69, 9.17) is 23.7 Å². The molecule has 8 nitrogen and oxygen atoms in total. The van der Waals surface area contributed by atoms with Crippen molar-refractivity contribution in [1.82, 2.24) is 0 Å². The van der Waals surface area contributed by atoms with Crippen LogP contribution in [0.5, 0.6) is 5.75 Å². The van der Waals surface area contributed by atoms with Crippen LogP contribution < -0.4 is 0 Å². The Bertz CT molecular complexity index is 893. The van der Waals surface area contributed by atoms with Crippen LogP contribution in [0.15, 0.2) is 24.3 Å². The number of carbonyl (C=O) groups is 1. The second kappa shape index (κ2) is 16.1. The van der Waals surface area contributed by atoms with Crippen molar-refractivity contribution in [2.45, 2.75) is 149 Å². The molecule has 2 saturated heterocycles. The third-order valence-corrected chi connectivity index (χ3v) is 8.32. The Hall–Kier alpha value is -1.71. The Kier molecular flexibility index (Phi) is 13.2. The number of benzene rings is 1. The number of aromatic hydroxyl groups is 1. The average Bonchev–Trinajstić information content (AvgIpc) is 2.92.